The highest BCUT2D eigenvalue weighted by Gasteiger charge is 2.59. The van der Waals surface area contributed by atoms with Gasteiger partial charge in [0, 0.05) is 65.5 Å². The van der Waals surface area contributed by atoms with Gasteiger partial charge in [0.15, 0.2) is 12.1 Å². The molecule has 1 spiro atoms. The van der Waals surface area contributed by atoms with Crippen LogP contribution < -0.4 is 0 Å². The van der Waals surface area contributed by atoms with E-state index in [-0.39, 0.29) is 79.6 Å². The molecule has 6 aliphatic heterocycles. The van der Waals surface area contributed by atoms with Gasteiger partial charge in [-0.15, -0.1) is 0 Å². The fourth-order valence-electron chi connectivity index (χ4n) is 11.4. The van der Waals surface area contributed by atoms with Crippen LogP contribution in [0, 0.1) is 23.7 Å². The minimum Gasteiger partial charge on any atom is -0.459 e. The highest BCUT2D eigenvalue weighted by atomic mass is 16.7. The number of aliphatic hydroxyl groups excluding tert-OH is 1. The predicted molar refractivity (Wildman–Crippen MR) is 243 cm³/mol. The Hall–Kier alpha value is -2.35. The number of ether oxygens (including phenoxy) is 12. The quantitative estimate of drug-likeness (QED) is 0.191. The second-order valence-corrected chi connectivity index (χ2v) is 19.9. The molecule has 15 heteroatoms. The number of methoxy groups -OCH3 is 4. The molecule has 4 fully saturated rings. The predicted octanol–water partition coefficient (Wildman–Crippen LogP) is 5.70. The summed E-state index contributed by atoms with van der Waals surface area (Å²) in [6.45, 7) is 16.6. The minimum absolute atomic E-state index is 0.0253. The number of carbonyl (C=O) groups is 1. The zero-order valence-corrected chi connectivity index (χ0v) is 41.2. The maximum atomic E-state index is 14.4. The van der Waals surface area contributed by atoms with Crippen molar-refractivity contribution in [2.45, 2.75) is 191 Å². The number of aliphatic hydroxyl groups is 2. The highest BCUT2D eigenvalue weighted by Crippen LogP contribution is 2.47. The Morgan fingerprint density at radius 2 is 1.59 bits per heavy atom. The van der Waals surface area contributed by atoms with Crippen molar-refractivity contribution >= 4 is 5.97 Å². The monoisotopic (exact) mass is 931 g/mol. The van der Waals surface area contributed by atoms with Gasteiger partial charge in [-0.3, -0.25) is 0 Å². The Morgan fingerprint density at radius 1 is 0.864 bits per heavy atom. The van der Waals surface area contributed by atoms with Crippen LogP contribution in [0.3, 0.4) is 0 Å². The third-order valence-corrected chi connectivity index (χ3v) is 15.3. The van der Waals surface area contributed by atoms with Gasteiger partial charge in [0.2, 0.25) is 0 Å². The topological polar surface area (TPSA) is 168 Å². The Bertz CT molecular complexity index is 1810. The molecule has 66 heavy (non-hydrogen) atoms. The van der Waals surface area contributed by atoms with Crippen LogP contribution in [0.2, 0.25) is 0 Å². The molecule has 0 aromatic carbocycles. The first-order valence-electron chi connectivity index (χ1n) is 24.2. The molecule has 2 bridgehead atoms. The van der Waals surface area contributed by atoms with Crippen LogP contribution in [0.4, 0.5) is 0 Å². The molecule has 7 rings (SSSR count). The number of rotatable bonds is 11. The van der Waals surface area contributed by atoms with Gasteiger partial charge >= 0.3 is 5.97 Å². The molecular weight excluding hydrogens is 853 g/mol. The Morgan fingerprint density at radius 3 is 2.29 bits per heavy atom. The number of allylic oxidation sites excluding steroid dienone is 2. The Balaban J connectivity index is 1.16. The first kappa shape index (κ1) is 51.5. The van der Waals surface area contributed by atoms with Crippen molar-refractivity contribution in [3.05, 3.63) is 59.3 Å². The number of hydrogen-bond donors (Lipinski definition) is 2. The summed E-state index contributed by atoms with van der Waals surface area (Å²) in [5.74, 6) is -1.99. The lowest BCUT2D eigenvalue weighted by Gasteiger charge is -2.48. The van der Waals surface area contributed by atoms with E-state index in [9.17, 15) is 15.0 Å². The largest absolute Gasteiger partial charge is 0.459 e. The van der Waals surface area contributed by atoms with E-state index < -0.39 is 78.4 Å². The van der Waals surface area contributed by atoms with Gasteiger partial charge in [0.25, 0.3) is 0 Å². The lowest BCUT2D eigenvalue weighted by Crippen LogP contribution is -2.60. The van der Waals surface area contributed by atoms with Crippen molar-refractivity contribution in [2.75, 3.05) is 41.7 Å². The highest BCUT2D eigenvalue weighted by molar-refractivity contribution is 5.93. The summed E-state index contributed by atoms with van der Waals surface area (Å²) < 4.78 is 76.2. The lowest BCUT2D eigenvalue weighted by molar-refractivity contribution is -0.299. The molecule has 0 radical (unpaired) electrons. The summed E-state index contributed by atoms with van der Waals surface area (Å²) in [5.41, 5.74) is -0.415. The molecule has 0 amide bonds. The second kappa shape index (κ2) is 21.7. The maximum Gasteiger partial charge on any atom is 0.337 e. The molecule has 7 aliphatic rings. The summed E-state index contributed by atoms with van der Waals surface area (Å²) in [5, 5.41) is 23.8. The molecule has 0 saturated carbocycles. The summed E-state index contributed by atoms with van der Waals surface area (Å²) in [7, 11) is 6.59. The summed E-state index contributed by atoms with van der Waals surface area (Å²) in [6.07, 6.45) is 8.90. The Kier molecular flexibility index (Phi) is 17.0. The molecule has 0 aromatic rings. The van der Waals surface area contributed by atoms with Gasteiger partial charge in [-0.25, -0.2) is 4.79 Å². The van der Waals surface area contributed by atoms with Crippen molar-refractivity contribution in [3.8, 4) is 0 Å². The second-order valence-electron chi connectivity index (χ2n) is 19.9. The molecule has 4 saturated heterocycles. The SMILES string of the molecule is CC[C@H](C)C1O[C@]2(C=C[C@@H]1C)C[C@@H]1C[C@@H](C/C=C(\C)[C@@H](O[C@H]3C[C@H](OC)[C@@H](OC[C@@H]4O[C@@H](C)[C@@H](OC)[C@@H](OC)[C@@H]4OC)[C@H](C)O3)[C@@H](C)/C=C/C=C3\CO[C@@H]4[C@H](O)[C@@H](C)C=C(C(=O)O1)[C@]34O)O2. The van der Waals surface area contributed by atoms with Crippen molar-refractivity contribution in [1.29, 1.82) is 0 Å². The van der Waals surface area contributed by atoms with Crippen molar-refractivity contribution in [3.63, 3.8) is 0 Å². The molecule has 2 N–H and O–H groups in total. The molecule has 6 heterocycles. The molecule has 1 unspecified atom stereocenters. The van der Waals surface area contributed by atoms with Crippen LogP contribution >= 0.6 is 0 Å². The average Bonchev–Trinajstić information content (AvgIpc) is 3.64. The zero-order chi connectivity index (χ0) is 47.7. The summed E-state index contributed by atoms with van der Waals surface area (Å²) >= 11 is 0. The van der Waals surface area contributed by atoms with Crippen LogP contribution in [-0.4, -0.2) is 161 Å². The smallest absolute Gasteiger partial charge is 0.337 e. The summed E-state index contributed by atoms with van der Waals surface area (Å²) in [6, 6.07) is 0. The zero-order valence-electron chi connectivity index (χ0n) is 41.2. The van der Waals surface area contributed by atoms with Gasteiger partial charge in [0.05, 0.1) is 61.5 Å². The molecular formula is C51H78O15. The van der Waals surface area contributed by atoms with E-state index in [1.165, 1.54) is 0 Å². The first-order chi connectivity index (χ1) is 31.5. The maximum absolute atomic E-state index is 14.4. The minimum atomic E-state index is -1.90. The Labute approximate surface area is 392 Å². The normalized spacial score (nSPS) is 48.0. The van der Waals surface area contributed by atoms with Gasteiger partial charge < -0.3 is 67.1 Å². The number of fused-ring (bicyclic) bond motifs is 2. The number of hydrogen-bond acceptors (Lipinski definition) is 15. The molecule has 15 nitrogen and oxygen atoms in total. The van der Waals surface area contributed by atoms with E-state index in [1.54, 1.807) is 47.5 Å². The fourth-order valence-corrected chi connectivity index (χ4v) is 11.4. The summed E-state index contributed by atoms with van der Waals surface area (Å²) in [4.78, 5) is 14.4. The van der Waals surface area contributed by atoms with Crippen LogP contribution in [0.15, 0.2) is 59.3 Å². The van der Waals surface area contributed by atoms with Crippen LogP contribution in [0.25, 0.3) is 0 Å². The third-order valence-electron chi connectivity index (χ3n) is 15.3. The van der Waals surface area contributed by atoms with Gasteiger partial charge in [-0.1, -0.05) is 77.5 Å². The third kappa shape index (κ3) is 10.4. The lowest BCUT2D eigenvalue weighted by atomic mass is 9.72. The van der Waals surface area contributed by atoms with Crippen LogP contribution in [-0.2, 0) is 61.6 Å². The molecule has 1 aliphatic carbocycles. The standard InChI is InChI=1S/C51H78O15/c1-13-27(2)43-30(5)19-20-50(66-43)24-36-22-35(65-50)18-17-29(4)42(28(3)15-14-16-34-25-60-48-41(52)31(6)21-37(49(53)63-36)51(34,48)54)64-40-23-38(55-9)44(32(7)62-40)59-26-39-46(57-11)47(58-12)45(56-10)33(8)61-39/h14-17,19-21,27-28,30-33,35-36,38-48,52,54H,13,18,22-26H2,1-12H3/b15-14+,29-17+,34-16+/t27-,28-,30-,31-,32-,33-,35+,36-,38-,39-,40-,41+,42-,43?,44-,45+,46+,47+,48+,50+,51+/m0/s1. The number of esters is 1. The fraction of sp³-hybridized carbons (Fsp3) is 0.784. The first-order valence-corrected chi connectivity index (χ1v) is 24.2. The van der Waals surface area contributed by atoms with Crippen LogP contribution in [0.1, 0.15) is 87.5 Å². The van der Waals surface area contributed by atoms with Crippen molar-refractivity contribution < 1.29 is 71.8 Å². The van der Waals surface area contributed by atoms with E-state index >= 15 is 0 Å². The van der Waals surface area contributed by atoms with Gasteiger partial charge in [-0.2, -0.15) is 0 Å². The van der Waals surface area contributed by atoms with E-state index in [2.05, 4.69) is 46.8 Å². The van der Waals surface area contributed by atoms with Gasteiger partial charge in [-0.05, 0) is 50.3 Å². The number of carbonyl (C=O) groups excluding carboxylic acids is 1. The van der Waals surface area contributed by atoms with Gasteiger partial charge in [0.1, 0.15) is 48.3 Å². The average molecular weight is 931 g/mol. The van der Waals surface area contributed by atoms with Crippen molar-refractivity contribution in [2.24, 2.45) is 23.7 Å². The molecule has 372 valence electrons. The van der Waals surface area contributed by atoms with Crippen molar-refractivity contribution in [1.82, 2.24) is 0 Å². The van der Waals surface area contributed by atoms with E-state index in [0.717, 1.165) is 12.0 Å². The molecule has 0 aromatic heterocycles. The van der Waals surface area contributed by atoms with E-state index in [1.807, 2.05) is 32.1 Å². The van der Waals surface area contributed by atoms with E-state index in [0.29, 0.717) is 24.8 Å². The van der Waals surface area contributed by atoms with E-state index in [4.69, 9.17) is 56.8 Å². The molecule has 21 atom stereocenters. The van der Waals surface area contributed by atoms with Crippen LogP contribution in [0.5, 0.6) is 0 Å².